The highest BCUT2D eigenvalue weighted by Gasteiger charge is 1.95. The number of hydrogen-bond donors (Lipinski definition) is 0. The van der Waals surface area contributed by atoms with E-state index in [0.717, 1.165) is 12.8 Å². The quantitative estimate of drug-likeness (QED) is 0.627. The van der Waals surface area contributed by atoms with Crippen LogP contribution in [0.2, 0.25) is 0 Å². The predicted molar refractivity (Wildman–Crippen MR) is 55.3 cm³/mol. The van der Waals surface area contributed by atoms with Crippen molar-refractivity contribution < 1.29 is 4.79 Å². The fraction of sp³-hybridized carbons (Fsp3) is 0.818. The van der Waals surface area contributed by atoms with E-state index in [-0.39, 0.29) is 11.7 Å². The molecule has 0 aliphatic rings. The van der Waals surface area contributed by atoms with Gasteiger partial charge in [-0.2, -0.15) is 5.26 Å². The summed E-state index contributed by atoms with van der Waals surface area (Å²) in [6.07, 6.45) is 4.22. The van der Waals surface area contributed by atoms with Crippen LogP contribution in [0.1, 0.15) is 53.4 Å². The zero-order valence-electron chi connectivity index (χ0n) is 9.26. The Hall–Kier alpha value is -0.840. The first-order valence-corrected chi connectivity index (χ1v) is 4.93. The molecule has 2 nitrogen and oxygen atoms in total. The van der Waals surface area contributed by atoms with Crippen molar-refractivity contribution in [2.45, 2.75) is 53.4 Å². The van der Waals surface area contributed by atoms with Crippen molar-refractivity contribution in [2.24, 2.45) is 5.92 Å². The van der Waals surface area contributed by atoms with Crippen LogP contribution >= 0.6 is 0 Å². The van der Waals surface area contributed by atoms with Crippen molar-refractivity contribution >= 4 is 5.78 Å². The second kappa shape index (κ2) is 11.2. The summed E-state index contributed by atoms with van der Waals surface area (Å²) in [7, 11) is 0. The van der Waals surface area contributed by atoms with Crippen LogP contribution in [0.15, 0.2) is 0 Å². The lowest BCUT2D eigenvalue weighted by Gasteiger charge is -1.90. The summed E-state index contributed by atoms with van der Waals surface area (Å²) in [6.45, 7) is 7.52. The van der Waals surface area contributed by atoms with Crippen molar-refractivity contribution in [1.82, 2.24) is 0 Å². The van der Waals surface area contributed by atoms with Crippen LogP contribution < -0.4 is 0 Å². The Morgan fingerprint density at radius 2 is 1.85 bits per heavy atom. The van der Waals surface area contributed by atoms with E-state index in [1.54, 1.807) is 6.92 Å². The van der Waals surface area contributed by atoms with Crippen LogP contribution in [0, 0.1) is 17.2 Å². The van der Waals surface area contributed by atoms with Gasteiger partial charge in [0.1, 0.15) is 5.78 Å². The third-order valence-corrected chi connectivity index (χ3v) is 1.71. The maximum atomic E-state index is 10.1. The Labute approximate surface area is 81.9 Å². The van der Waals surface area contributed by atoms with Gasteiger partial charge in [0.2, 0.25) is 0 Å². The van der Waals surface area contributed by atoms with Crippen LogP contribution in [-0.4, -0.2) is 5.78 Å². The summed E-state index contributed by atoms with van der Waals surface area (Å²) in [5.41, 5.74) is 0. The van der Waals surface area contributed by atoms with Crippen LogP contribution in [0.5, 0.6) is 0 Å². The lowest BCUT2D eigenvalue weighted by atomic mass is 10.1. The molecule has 0 fully saturated rings. The number of unbranched alkanes of at least 4 members (excludes halogenated alkanes) is 3. The number of Topliss-reactive ketones (excluding diaryl/α,β-unsaturated/α-hetero) is 1. The number of carbonyl (C=O) groups is 1. The standard InChI is InChI=1S/C6H11N.C5H10O/c1-2-3-4-5-6-7;1-4(2)5(3)6/h2-5H2,1H3;4H,1-3H3. The first kappa shape index (κ1) is 14.7. The van der Waals surface area contributed by atoms with Gasteiger partial charge in [0.25, 0.3) is 0 Å². The van der Waals surface area contributed by atoms with Gasteiger partial charge < -0.3 is 0 Å². The molecule has 0 unspecified atom stereocenters. The maximum Gasteiger partial charge on any atom is 0.132 e. The number of nitrogens with zero attached hydrogens (tertiary/aromatic N) is 1. The molecule has 0 amide bonds. The van der Waals surface area contributed by atoms with E-state index >= 15 is 0 Å². The zero-order valence-corrected chi connectivity index (χ0v) is 9.26. The normalized spacial score (nSPS) is 8.62. The first-order valence-electron chi connectivity index (χ1n) is 4.93. The molecule has 0 heterocycles. The highest BCUT2D eigenvalue weighted by molar-refractivity contribution is 5.77. The van der Waals surface area contributed by atoms with Crippen LogP contribution in [0.4, 0.5) is 0 Å². The minimum Gasteiger partial charge on any atom is -0.300 e. The van der Waals surface area contributed by atoms with Crippen molar-refractivity contribution in [1.29, 1.82) is 5.26 Å². The van der Waals surface area contributed by atoms with Crippen molar-refractivity contribution in [3.05, 3.63) is 0 Å². The molecule has 13 heavy (non-hydrogen) atoms. The molecule has 0 bridgehead atoms. The van der Waals surface area contributed by atoms with E-state index in [9.17, 15) is 4.79 Å². The SMILES string of the molecule is CC(=O)C(C)C.CCCCCC#N. The summed E-state index contributed by atoms with van der Waals surface area (Å²) >= 11 is 0. The van der Waals surface area contributed by atoms with Crippen LogP contribution in [-0.2, 0) is 4.79 Å². The topological polar surface area (TPSA) is 40.9 Å². The molecule has 0 N–H and O–H groups in total. The lowest BCUT2D eigenvalue weighted by Crippen LogP contribution is -1.98. The highest BCUT2D eigenvalue weighted by atomic mass is 16.1. The number of hydrogen-bond acceptors (Lipinski definition) is 2. The second-order valence-corrected chi connectivity index (χ2v) is 3.38. The Morgan fingerprint density at radius 1 is 1.38 bits per heavy atom. The number of nitriles is 1. The van der Waals surface area contributed by atoms with Gasteiger partial charge >= 0.3 is 0 Å². The van der Waals surface area contributed by atoms with E-state index in [1.165, 1.54) is 12.8 Å². The lowest BCUT2D eigenvalue weighted by molar-refractivity contribution is -0.119. The van der Waals surface area contributed by atoms with Gasteiger partial charge in [-0.05, 0) is 13.3 Å². The summed E-state index contributed by atoms with van der Waals surface area (Å²) in [5.74, 6) is 0.472. The van der Waals surface area contributed by atoms with Gasteiger partial charge in [-0.1, -0.05) is 33.6 Å². The molecule has 0 saturated carbocycles. The molecule has 0 rings (SSSR count). The maximum absolute atomic E-state index is 10.1. The molecule has 0 spiro atoms. The smallest absolute Gasteiger partial charge is 0.132 e. The third-order valence-electron chi connectivity index (χ3n) is 1.71. The van der Waals surface area contributed by atoms with Gasteiger partial charge in [-0.25, -0.2) is 0 Å². The summed E-state index contributed by atoms with van der Waals surface area (Å²) < 4.78 is 0. The highest BCUT2D eigenvalue weighted by Crippen LogP contribution is 1.95. The molecule has 0 aromatic carbocycles. The van der Waals surface area contributed by atoms with Gasteiger partial charge in [0, 0.05) is 12.3 Å². The summed E-state index contributed by atoms with van der Waals surface area (Å²) in [4.78, 5) is 10.1. The number of rotatable bonds is 4. The Kier molecular flexibility index (Phi) is 12.6. The average molecular weight is 183 g/mol. The summed E-state index contributed by atoms with van der Waals surface area (Å²) in [5, 5.41) is 8.04. The monoisotopic (exact) mass is 183 g/mol. The Morgan fingerprint density at radius 3 is 2.08 bits per heavy atom. The minimum absolute atomic E-state index is 0.213. The van der Waals surface area contributed by atoms with Crippen molar-refractivity contribution in [3.8, 4) is 6.07 Å². The second-order valence-electron chi connectivity index (χ2n) is 3.38. The molecule has 0 saturated heterocycles. The van der Waals surface area contributed by atoms with E-state index in [1.807, 2.05) is 13.8 Å². The van der Waals surface area contributed by atoms with Gasteiger partial charge in [-0.3, -0.25) is 4.79 Å². The number of carbonyl (C=O) groups excluding carboxylic acids is 1. The Bertz CT molecular complexity index is 156. The minimum atomic E-state index is 0.213. The molecule has 0 aliphatic carbocycles. The van der Waals surface area contributed by atoms with Gasteiger partial charge in [0.05, 0.1) is 6.07 Å². The fourth-order valence-electron chi connectivity index (χ4n) is 0.454. The zero-order chi connectivity index (χ0) is 10.7. The van der Waals surface area contributed by atoms with E-state index in [0.29, 0.717) is 0 Å². The first-order chi connectivity index (χ1) is 6.06. The summed E-state index contributed by atoms with van der Waals surface area (Å²) in [6, 6.07) is 2.10. The molecule has 0 aliphatic heterocycles. The van der Waals surface area contributed by atoms with Gasteiger partial charge in [-0.15, -0.1) is 0 Å². The van der Waals surface area contributed by atoms with Crippen LogP contribution in [0.25, 0.3) is 0 Å². The van der Waals surface area contributed by atoms with Crippen molar-refractivity contribution in [3.63, 3.8) is 0 Å². The number of ketones is 1. The van der Waals surface area contributed by atoms with Crippen LogP contribution in [0.3, 0.4) is 0 Å². The largest absolute Gasteiger partial charge is 0.300 e. The Balaban J connectivity index is 0. The predicted octanol–water partition coefficient (Wildman–Crippen LogP) is 3.32. The molecular weight excluding hydrogens is 162 g/mol. The molecule has 76 valence electrons. The molecule has 0 atom stereocenters. The fourth-order valence-corrected chi connectivity index (χ4v) is 0.454. The van der Waals surface area contributed by atoms with E-state index in [4.69, 9.17) is 5.26 Å². The van der Waals surface area contributed by atoms with Gasteiger partial charge in [0.15, 0.2) is 0 Å². The molecule has 0 radical (unpaired) electrons. The van der Waals surface area contributed by atoms with E-state index in [2.05, 4.69) is 13.0 Å². The van der Waals surface area contributed by atoms with E-state index < -0.39 is 0 Å². The molecule has 0 aromatic rings. The molecule has 0 aromatic heterocycles. The molecular formula is C11H21NO. The van der Waals surface area contributed by atoms with Crippen molar-refractivity contribution in [2.75, 3.05) is 0 Å². The molecule has 2 heteroatoms. The average Bonchev–Trinajstić information content (AvgIpc) is 2.06. The third kappa shape index (κ3) is 18.3.